The number of rotatable bonds is 14. The highest BCUT2D eigenvalue weighted by Gasteiger charge is 2.33. The molecule has 12 heteroatoms. The number of nitrogens with one attached hydrogen (secondary N) is 2. The summed E-state index contributed by atoms with van der Waals surface area (Å²) in [5, 5.41) is 5.39. The minimum absolute atomic E-state index is 0.00285. The summed E-state index contributed by atoms with van der Waals surface area (Å²) in [6.07, 6.45) is 1.03. The van der Waals surface area contributed by atoms with Gasteiger partial charge in [0.25, 0.3) is 0 Å². The van der Waals surface area contributed by atoms with Crippen LogP contribution in [0.25, 0.3) is 0 Å². The van der Waals surface area contributed by atoms with Crippen LogP contribution in [-0.2, 0) is 30.5 Å². The Bertz CT molecular complexity index is 922. The Labute approximate surface area is 198 Å². The number of amides is 1. The standard InChI is InChI=1S/C22H33F2N3O6S/c1-3-4-7-34(30,31)13-19(27-22(29)32-2)21(28)33-20(12-26-17-5-6-17)18(25)10-14-8-15(23)11-16(24)9-14/h8-9,11,17-20,26H,3-7,10,12-13,25H2,1-2H3,(H,27,29)/t18-,19+,20+/m0/s1. The molecule has 0 aliphatic heterocycles. The maximum Gasteiger partial charge on any atom is 0.407 e. The maximum atomic E-state index is 13.6. The van der Waals surface area contributed by atoms with Crippen LogP contribution >= 0.6 is 0 Å². The molecule has 1 fully saturated rings. The zero-order valence-electron chi connectivity index (χ0n) is 19.4. The van der Waals surface area contributed by atoms with Crippen LogP contribution in [0.3, 0.4) is 0 Å². The molecule has 0 spiro atoms. The van der Waals surface area contributed by atoms with Gasteiger partial charge < -0.3 is 25.8 Å². The van der Waals surface area contributed by atoms with Crippen molar-refractivity contribution < 1.29 is 36.3 Å². The minimum atomic E-state index is -3.67. The Morgan fingerprint density at radius 3 is 2.41 bits per heavy atom. The third-order valence-electron chi connectivity index (χ3n) is 5.32. The average Bonchev–Trinajstić information content (AvgIpc) is 3.58. The van der Waals surface area contributed by atoms with E-state index in [0.29, 0.717) is 12.8 Å². The SMILES string of the molecule is CCCCS(=O)(=O)C[C@@H](NC(=O)OC)C(=O)O[C@H](CNC1CC1)[C@@H](N)Cc1cc(F)cc(F)c1. The van der Waals surface area contributed by atoms with Gasteiger partial charge in [-0.05, 0) is 43.4 Å². The molecule has 0 heterocycles. The monoisotopic (exact) mass is 505 g/mol. The highest BCUT2D eigenvalue weighted by Crippen LogP contribution is 2.19. The first-order chi connectivity index (χ1) is 16.0. The van der Waals surface area contributed by atoms with Crippen LogP contribution < -0.4 is 16.4 Å². The first-order valence-electron chi connectivity index (χ1n) is 11.2. The van der Waals surface area contributed by atoms with Gasteiger partial charge in [-0.15, -0.1) is 0 Å². The first kappa shape index (κ1) is 27.9. The van der Waals surface area contributed by atoms with Crippen molar-refractivity contribution in [1.82, 2.24) is 10.6 Å². The number of nitrogens with two attached hydrogens (primary N) is 1. The van der Waals surface area contributed by atoms with E-state index in [2.05, 4.69) is 15.4 Å². The number of benzene rings is 1. The van der Waals surface area contributed by atoms with E-state index in [0.717, 1.165) is 38.2 Å². The van der Waals surface area contributed by atoms with Crippen molar-refractivity contribution in [1.29, 1.82) is 0 Å². The first-order valence-corrected chi connectivity index (χ1v) is 13.0. The topological polar surface area (TPSA) is 137 Å². The average molecular weight is 506 g/mol. The zero-order valence-corrected chi connectivity index (χ0v) is 20.2. The van der Waals surface area contributed by atoms with E-state index >= 15 is 0 Å². The third-order valence-corrected chi connectivity index (χ3v) is 7.07. The van der Waals surface area contributed by atoms with Crippen molar-refractivity contribution in [3.8, 4) is 0 Å². The second-order valence-electron chi connectivity index (χ2n) is 8.46. The third kappa shape index (κ3) is 9.90. The van der Waals surface area contributed by atoms with Crippen LogP contribution in [0.1, 0.15) is 38.2 Å². The van der Waals surface area contributed by atoms with Gasteiger partial charge in [0.2, 0.25) is 0 Å². The molecule has 1 aromatic carbocycles. The molecule has 2 rings (SSSR count). The second kappa shape index (κ2) is 13.0. The molecule has 0 bridgehead atoms. The number of carbonyl (C=O) groups excluding carboxylic acids is 2. The largest absolute Gasteiger partial charge is 0.458 e. The van der Waals surface area contributed by atoms with Crippen molar-refractivity contribution in [3.05, 3.63) is 35.4 Å². The lowest BCUT2D eigenvalue weighted by atomic mass is 10.0. The summed E-state index contributed by atoms with van der Waals surface area (Å²) < 4.78 is 62.0. The van der Waals surface area contributed by atoms with Gasteiger partial charge in [0.05, 0.1) is 18.6 Å². The summed E-state index contributed by atoms with van der Waals surface area (Å²) in [4.78, 5) is 24.7. The van der Waals surface area contributed by atoms with Gasteiger partial charge in [-0.25, -0.2) is 26.8 Å². The number of hydrogen-bond donors (Lipinski definition) is 3. The van der Waals surface area contributed by atoms with E-state index in [-0.39, 0.29) is 30.3 Å². The molecule has 0 aromatic heterocycles. The summed E-state index contributed by atoms with van der Waals surface area (Å²) >= 11 is 0. The fourth-order valence-corrected chi connectivity index (χ4v) is 4.91. The fraction of sp³-hybridized carbons (Fsp3) is 0.636. The molecule has 1 aliphatic rings. The Morgan fingerprint density at radius 2 is 1.85 bits per heavy atom. The van der Waals surface area contributed by atoms with E-state index in [4.69, 9.17) is 10.5 Å². The van der Waals surface area contributed by atoms with E-state index < -0.39 is 57.5 Å². The molecular formula is C22H33F2N3O6S. The van der Waals surface area contributed by atoms with E-state index in [1.165, 1.54) is 0 Å². The number of sulfone groups is 1. The van der Waals surface area contributed by atoms with Crippen molar-refractivity contribution in [2.24, 2.45) is 5.73 Å². The van der Waals surface area contributed by atoms with Gasteiger partial charge >= 0.3 is 12.1 Å². The lowest BCUT2D eigenvalue weighted by molar-refractivity contribution is -0.151. The molecule has 192 valence electrons. The van der Waals surface area contributed by atoms with Gasteiger partial charge in [0, 0.05) is 24.7 Å². The van der Waals surface area contributed by atoms with Crippen LogP contribution in [0.15, 0.2) is 18.2 Å². The highest BCUT2D eigenvalue weighted by molar-refractivity contribution is 7.91. The van der Waals surface area contributed by atoms with Gasteiger partial charge in [0.15, 0.2) is 9.84 Å². The molecular weight excluding hydrogens is 472 g/mol. The van der Waals surface area contributed by atoms with Crippen molar-refractivity contribution in [3.63, 3.8) is 0 Å². The molecule has 1 aromatic rings. The highest BCUT2D eigenvalue weighted by atomic mass is 32.2. The van der Waals surface area contributed by atoms with Crippen LogP contribution in [0.4, 0.5) is 13.6 Å². The number of unbranched alkanes of at least 4 members (excludes halogenated alkanes) is 1. The second-order valence-corrected chi connectivity index (χ2v) is 10.7. The summed E-state index contributed by atoms with van der Waals surface area (Å²) in [6, 6.07) is 0.904. The summed E-state index contributed by atoms with van der Waals surface area (Å²) in [6.45, 7) is 1.99. The van der Waals surface area contributed by atoms with Crippen molar-refractivity contribution in [2.75, 3.05) is 25.2 Å². The smallest absolute Gasteiger partial charge is 0.407 e. The predicted octanol–water partition coefficient (Wildman–Crippen LogP) is 1.44. The number of esters is 1. The zero-order chi connectivity index (χ0) is 25.3. The molecule has 3 atom stereocenters. The number of carbonyl (C=O) groups is 2. The lowest BCUT2D eigenvalue weighted by Crippen LogP contribution is -2.52. The molecule has 34 heavy (non-hydrogen) atoms. The molecule has 0 saturated heterocycles. The molecule has 1 amide bonds. The van der Waals surface area contributed by atoms with E-state index in [1.54, 1.807) is 0 Å². The van der Waals surface area contributed by atoms with Gasteiger partial charge in [-0.2, -0.15) is 0 Å². The van der Waals surface area contributed by atoms with Crippen molar-refractivity contribution in [2.45, 2.75) is 63.3 Å². The minimum Gasteiger partial charge on any atom is -0.458 e. The van der Waals surface area contributed by atoms with Crippen LogP contribution in [0.2, 0.25) is 0 Å². The van der Waals surface area contributed by atoms with Gasteiger partial charge in [-0.3, -0.25) is 0 Å². The molecule has 1 saturated carbocycles. The summed E-state index contributed by atoms with van der Waals surface area (Å²) in [5.41, 5.74) is 6.51. The number of alkyl carbamates (subject to hydrolysis) is 1. The van der Waals surface area contributed by atoms with Crippen LogP contribution in [-0.4, -0.2) is 69.9 Å². The van der Waals surface area contributed by atoms with Gasteiger partial charge in [0.1, 0.15) is 23.8 Å². The summed E-state index contributed by atoms with van der Waals surface area (Å²) in [5.74, 6) is -3.31. The normalized spacial score (nSPS) is 16.4. The number of halogens is 2. The number of hydrogen-bond acceptors (Lipinski definition) is 8. The quantitative estimate of drug-likeness (QED) is 0.323. The lowest BCUT2D eigenvalue weighted by Gasteiger charge is -2.27. The van der Waals surface area contributed by atoms with Crippen molar-refractivity contribution >= 4 is 21.9 Å². The van der Waals surface area contributed by atoms with Crippen LogP contribution in [0, 0.1) is 11.6 Å². The van der Waals surface area contributed by atoms with E-state index in [9.17, 15) is 26.8 Å². The number of methoxy groups -OCH3 is 1. The molecule has 0 radical (unpaired) electrons. The molecule has 1 aliphatic carbocycles. The Morgan fingerprint density at radius 1 is 1.21 bits per heavy atom. The Kier molecular flexibility index (Phi) is 10.6. The number of ether oxygens (including phenoxy) is 2. The molecule has 4 N–H and O–H groups in total. The fourth-order valence-electron chi connectivity index (χ4n) is 3.29. The van der Waals surface area contributed by atoms with Gasteiger partial charge in [-0.1, -0.05) is 13.3 Å². The Balaban J connectivity index is 2.15. The van der Waals surface area contributed by atoms with E-state index in [1.807, 2.05) is 6.92 Å². The van der Waals surface area contributed by atoms with Crippen LogP contribution in [0.5, 0.6) is 0 Å². The predicted molar refractivity (Wildman–Crippen MR) is 122 cm³/mol. The Hall–Kier alpha value is -2.31. The maximum absolute atomic E-state index is 13.6. The summed E-state index contributed by atoms with van der Waals surface area (Å²) in [7, 11) is -2.59. The molecule has 0 unspecified atom stereocenters. The molecule has 9 nitrogen and oxygen atoms in total.